The van der Waals surface area contributed by atoms with Gasteiger partial charge in [-0.3, -0.25) is 4.79 Å². The third-order valence-corrected chi connectivity index (χ3v) is 3.54. The van der Waals surface area contributed by atoms with Crippen LogP contribution in [0.15, 0.2) is 24.3 Å². The zero-order valence-electron chi connectivity index (χ0n) is 13.4. The summed E-state index contributed by atoms with van der Waals surface area (Å²) in [6, 6.07) is 4.97. The molecule has 1 unspecified atom stereocenters. The SMILES string of the molecule is COC(C)(CC(F)(F)C(F)(F)C(F)(F)F)c1ccccc1OC(C)=O. The van der Waals surface area contributed by atoms with Crippen molar-refractivity contribution in [3.63, 3.8) is 0 Å². The number of alkyl halides is 7. The molecule has 0 bridgehead atoms. The Kier molecular flexibility index (Phi) is 5.78. The van der Waals surface area contributed by atoms with E-state index in [-0.39, 0.29) is 11.3 Å². The molecule has 1 aromatic rings. The molecule has 0 aromatic heterocycles. The van der Waals surface area contributed by atoms with E-state index in [1.807, 2.05) is 0 Å². The molecule has 0 aliphatic carbocycles. The van der Waals surface area contributed by atoms with E-state index in [1.54, 1.807) is 0 Å². The van der Waals surface area contributed by atoms with E-state index in [9.17, 15) is 35.5 Å². The molecule has 0 fully saturated rings. The van der Waals surface area contributed by atoms with Gasteiger partial charge in [0, 0.05) is 19.6 Å². The Bertz CT molecular complexity index is 628. The first kappa shape index (κ1) is 21.2. The van der Waals surface area contributed by atoms with E-state index >= 15 is 0 Å². The van der Waals surface area contributed by atoms with Gasteiger partial charge in [0.2, 0.25) is 0 Å². The largest absolute Gasteiger partial charge is 0.459 e. The zero-order chi connectivity index (χ0) is 19.7. The number of rotatable bonds is 6. The summed E-state index contributed by atoms with van der Waals surface area (Å²) in [5.74, 6) is -12.9. The quantitative estimate of drug-likeness (QED) is 0.410. The van der Waals surface area contributed by atoms with Crippen molar-refractivity contribution in [1.82, 2.24) is 0 Å². The highest BCUT2D eigenvalue weighted by molar-refractivity contribution is 5.70. The maximum absolute atomic E-state index is 13.8. The van der Waals surface area contributed by atoms with Gasteiger partial charge in [-0.2, -0.15) is 30.7 Å². The van der Waals surface area contributed by atoms with Crippen LogP contribution in [0, 0.1) is 0 Å². The Morgan fingerprint density at radius 2 is 1.56 bits per heavy atom. The van der Waals surface area contributed by atoms with Gasteiger partial charge in [-0.25, -0.2) is 0 Å². The number of methoxy groups -OCH3 is 1. The minimum absolute atomic E-state index is 0.273. The van der Waals surface area contributed by atoms with E-state index in [0.717, 1.165) is 27.0 Å². The highest BCUT2D eigenvalue weighted by atomic mass is 19.4. The van der Waals surface area contributed by atoms with Crippen molar-refractivity contribution in [3.05, 3.63) is 29.8 Å². The molecule has 0 spiro atoms. The second-order valence-electron chi connectivity index (χ2n) is 5.48. The van der Waals surface area contributed by atoms with Crippen LogP contribution in [0.3, 0.4) is 0 Å². The molecule has 142 valence electrons. The molecule has 10 heteroatoms. The van der Waals surface area contributed by atoms with E-state index in [1.165, 1.54) is 18.2 Å². The van der Waals surface area contributed by atoms with Gasteiger partial charge < -0.3 is 9.47 Å². The number of hydrogen-bond donors (Lipinski definition) is 0. The third-order valence-electron chi connectivity index (χ3n) is 3.54. The lowest BCUT2D eigenvalue weighted by atomic mass is 9.86. The van der Waals surface area contributed by atoms with E-state index < -0.39 is 36.0 Å². The first-order valence-electron chi connectivity index (χ1n) is 6.83. The van der Waals surface area contributed by atoms with E-state index in [4.69, 9.17) is 9.47 Å². The Labute approximate surface area is 138 Å². The van der Waals surface area contributed by atoms with Gasteiger partial charge in [0.25, 0.3) is 0 Å². The van der Waals surface area contributed by atoms with Crippen molar-refractivity contribution in [2.45, 2.75) is 43.9 Å². The summed E-state index contributed by atoms with van der Waals surface area (Å²) in [6.45, 7) is 1.91. The van der Waals surface area contributed by atoms with Gasteiger partial charge in [-0.1, -0.05) is 18.2 Å². The van der Waals surface area contributed by atoms with Crippen LogP contribution < -0.4 is 4.74 Å². The molecule has 0 aliphatic rings. The van der Waals surface area contributed by atoms with Crippen LogP contribution in [0.25, 0.3) is 0 Å². The molecule has 0 saturated carbocycles. The highest BCUT2D eigenvalue weighted by Crippen LogP contribution is 2.52. The number of esters is 1. The fourth-order valence-electron chi connectivity index (χ4n) is 2.17. The lowest BCUT2D eigenvalue weighted by Gasteiger charge is -2.36. The minimum Gasteiger partial charge on any atom is -0.426 e. The monoisotopic (exact) mass is 376 g/mol. The summed E-state index contributed by atoms with van der Waals surface area (Å²) in [6.07, 6.45) is -8.44. The van der Waals surface area contributed by atoms with Crippen LogP contribution in [0.5, 0.6) is 5.75 Å². The highest BCUT2D eigenvalue weighted by Gasteiger charge is 2.73. The molecule has 3 nitrogen and oxygen atoms in total. The Hall–Kier alpha value is -1.84. The number of carbonyl (C=O) groups excluding carboxylic acids is 1. The molecule has 25 heavy (non-hydrogen) atoms. The van der Waals surface area contributed by atoms with Gasteiger partial charge in [0.05, 0.1) is 12.0 Å². The number of para-hydroxylation sites is 1. The first-order valence-corrected chi connectivity index (χ1v) is 6.83. The van der Waals surface area contributed by atoms with Crippen LogP contribution in [0.2, 0.25) is 0 Å². The van der Waals surface area contributed by atoms with Gasteiger partial charge >= 0.3 is 24.0 Å². The van der Waals surface area contributed by atoms with Crippen molar-refractivity contribution in [2.75, 3.05) is 7.11 Å². The molecular weight excluding hydrogens is 361 g/mol. The van der Waals surface area contributed by atoms with Crippen molar-refractivity contribution >= 4 is 5.97 Å². The second kappa shape index (κ2) is 6.81. The van der Waals surface area contributed by atoms with Gasteiger partial charge in [-0.15, -0.1) is 0 Å². The molecule has 0 amide bonds. The molecule has 1 rings (SSSR count). The summed E-state index contributed by atoms with van der Waals surface area (Å²) < 4.78 is 101. The summed E-state index contributed by atoms with van der Waals surface area (Å²) in [5.41, 5.74) is -2.56. The first-order chi connectivity index (χ1) is 11.2. The standard InChI is InChI=1S/C15H15F7O3/c1-9(23)25-11-7-5-4-6-10(11)12(2,24-3)8-13(16,17)14(18,19)15(20,21)22/h4-7H,8H2,1-3H3. The number of hydrogen-bond acceptors (Lipinski definition) is 3. The van der Waals surface area contributed by atoms with Crippen LogP contribution in [-0.4, -0.2) is 31.1 Å². The third kappa shape index (κ3) is 4.23. The molecule has 0 heterocycles. The van der Waals surface area contributed by atoms with E-state index in [2.05, 4.69) is 0 Å². The zero-order valence-corrected chi connectivity index (χ0v) is 13.4. The summed E-state index contributed by atoms with van der Waals surface area (Å²) in [7, 11) is 0.867. The summed E-state index contributed by atoms with van der Waals surface area (Å²) in [4.78, 5) is 11.1. The molecule has 0 aliphatic heterocycles. The molecule has 1 atom stereocenters. The average Bonchev–Trinajstić information content (AvgIpc) is 2.45. The van der Waals surface area contributed by atoms with Crippen molar-refractivity contribution in [3.8, 4) is 5.75 Å². The number of benzene rings is 1. The molecule has 0 saturated heterocycles. The van der Waals surface area contributed by atoms with Crippen LogP contribution in [0.4, 0.5) is 30.7 Å². The number of halogens is 7. The Morgan fingerprint density at radius 3 is 2.00 bits per heavy atom. The molecule has 1 aromatic carbocycles. The fraction of sp³-hybridized carbons (Fsp3) is 0.533. The fourth-order valence-corrected chi connectivity index (χ4v) is 2.17. The number of ether oxygens (including phenoxy) is 2. The topological polar surface area (TPSA) is 35.5 Å². The average molecular weight is 376 g/mol. The molecular formula is C15H15F7O3. The normalized spacial score (nSPS) is 15.6. The Balaban J connectivity index is 3.36. The summed E-state index contributed by atoms with van der Waals surface area (Å²) in [5, 5.41) is 0. The maximum Gasteiger partial charge on any atom is 0.459 e. The predicted octanol–water partition coefficient (Wildman–Crippen LogP) is 4.70. The smallest absolute Gasteiger partial charge is 0.426 e. The van der Waals surface area contributed by atoms with E-state index in [0.29, 0.717) is 0 Å². The van der Waals surface area contributed by atoms with Crippen molar-refractivity contribution in [2.24, 2.45) is 0 Å². The summed E-state index contributed by atoms with van der Waals surface area (Å²) >= 11 is 0. The maximum atomic E-state index is 13.8. The molecule has 0 N–H and O–H groups in total. The minimum atomic E-state index is -6.44. The predicted molar refractivity (Wildman–Crippen MR) is 72.7 cm³/mol. The van der Waals surface area contributed by atoms with Crippen LogP contribution >= 0.6 is 0 Å². The van der Waals surface area contributed by atoms with Crippen molar-refractivity contribution in [1.29, 1.82) is 0 Å². The van der Waals surface area contributed by atoms with Crippen LogP contribution in [0.1, 0.15) is 25.8 Å². The molecule has 0 radical (unpaired) electrons. The van der Waals surface area contributed by atoms with Gasteiger partial charge in [0.1, 0.15) is 5.75 Å². The lowest BCUT2D eigenvalue weighted by molar-refractivity contribution is -0.362. The van der Waals surface area contributed by atoms with Gasteiger partial charge in [-0.05, 0) is 13.0 Å². The Morgan fingerprint density at radius 1 is 1.04 bits per heavy atom. The lowest BCUT2D eigenvalue weighted by Crippen LogP contribution is -2.54. The second-order valence-corrected chi connectivity index (χ2v) is 5.48. The van der Waals surface area contributed by atoms with Crippen LogP contribution in [-0.2, 0) is 15.1 Å². The van der Waals surface area contributed by atoms with Crippen molar-refractivity contribution < 1.29 is 45.0 Å². The number of carbonyl (C=O) groups is 1. The van der Waals surface area contributed by atoms with Gasteiger partial charge in [0.15, 0.2) is 0 Å².